The predicted molar refractivity (Wildman–Crippen MR) is 103 cm³/mol. The molecule has 0 aliphatic carbocycles. The lowest BCUT2D eigenvalue weighted by molar-refractivity contribution is -0.137. The molecule has 0 radical (unpaired) electrons. The molecule has 148 valence electrons. The molecule has 4 rings (SSSR count). The second kappa shape index (κ2) is 6.77. The number of H-pyrrole nitrogens is 1. The number of primary amides is 1. The third-order valence-corrected chi connectivity index (χ3v) is 4.86. The Bertz CT molecular complexity index is 1140. The van der Waals surface area contributed by atoms with Gasteiger partial charge in [-0.15, -0.1) is 0 Å². The van der Waals surface area contributed by atoms with Gasteiger partial charge in [-0.05, 0) is 42.8 Å². The van der Waals surface area contributed by atoms with Gasteiger partial charge in [0, 0.05) is 11.1 Å². The highest BCUT2D eigenvalue weighted by Gasteiger charge is 2.34. The van der Waals surface area contributed by atoms with Crippen LogP contribution in [-0.4, -0.2) is 22.4 Å². The van der Waals surface area contributed by atoms with Gasteiger partial charge in [0.1, 0.15) is 0 Å². The van der Waals surface area contributed by atoms with Crippen molar-refractivity contribution in [2.75, 3.05) is 4.90 Å². The number of aromatic amines is 1. The van der Waals surface area contributed by atoms with E-state index in [9.17, 15) is 18.0 Å². The topological polar surface area (TPSA) is 87.4 Å². The fraction of sp³-hybridized carbons (Fsp3) is 0.150. The van der Waals surface area contributed by atoms with Gasteiger partial charge in [0.2, 0.25) is 5.91 Å². The number of alkyl halides is 3. The minimum absolute atomic E-state index is 0.222. The van der Waals surface area contributed by atoms with Crippen molar-refractivity contribution in [2.45, 2.75) is 19.1 Å². The predicted octanol–water partition coefficient (Wildman–Crippen LogP) is 3.93. The number of amides is 1. The van der Waals surface area contributed by atoms with E-state index in [-0.39, 0.29) is 5.57 Å². The molecule has 9 heteroatoms. The average molecular weight is 399 g/mol. The number of carbonyl (C=O) groups excluding carboxylic acids is 1. The van der Waals surface area contributed by atoms with Crippen LogP contribution in [-0.2, 0) is 11.0 Å². The van der Waals surface area contributed by atoms with Crippen LogP contribution in [0.1, 0.15) is 24.1 Å². The average Bonchev–Trinajstić information content (AvgIpc) is 3.14. The Morgan fingerprint density at radius 2 is 1.90 bits per heavy atom. The quantitative estimate of drug-likeness (QED) is 0.700. The number of aliphatic imine (C=N–C) groups is 1. The smallest absolute Gasteiger partial charge is 0.366 e. The van der Waals surface area contributed by atoms with E-state index in [1.165, 1.54) is 12.1 Å². The van der Waals surface area contributed by atoms with Crippen molar-refractivity contribution in [3.05, 3.63) is 71.1 Å². The van der Waals surface area contributed by atoms with Crippen molar-refractivity contribution >= 4 is 28.8 Å². The zero-order valence-electron chi connectivity index (χ0n) is 15.2. The highest BCUT2D eigenvalue weighted by atomic mass is 19.4. The van der Waals surface area contributed by atoms with Crippen LogP contribution >= 0.6 is 0 Å². The van der Waals surface area contributed by atoms with Crippen molar-refractivity contribution in [2.24, 2.45) is 10.7 Å². The second-order valence-electron chi connectivity index (χ2n) is 6.68. The maximum atomic E-state index is 13.0. The number of aromatic nitrogens is 2. The minimum Gasteiger partial charge on any atom is -0.366 e. The summed E-state index contributed by atoms with van der Waals surface area (Å²) in [6.45, 7) is 1.64. The van der Waals surface area contributed by atoms with E-state index in [2.05, 4.69) is 15.2 Å². The Labute approximate surface area is 163 Å². The van der Waals surface area contributed by atoms with Crippen LogP contribution in [0.3, 0.4) is 0 Å². The first kappa shape index (κ1) is 18.7. The fourth-order valence-electron chi connectivity index (χ4n) is 3.42. The highest BCUT2D eigenvalue weighted by molar-refractivity contribution is 5.99. The molecule has 3 aromatic rings. The number of benzene rings is 2. The Hall–Kier alpha value is -3.62. The van der Waals surface area contributed by atoms with Gasteiger partial charge >= 0.3 is 6.18 Å². The van der Waals surface area contributed by atoms with E-state index in [4.69, 9.17) is 5.73 Å². The number of hydrogen-bond acceptors (Lipinski definition) is 4. The van der Waals surface area contributed by atoms with E-state index >= 15 is 0 Å². The first-order chi connectivity index (χ1) is 13.8. The normalized spacial score (nSPS) is 17.2. The summed E-state index contributed by atoms with van der Waals surface area (Å²) in [6, 6.07) is 9.46. The van der Waals surface area contributed by atoms with Gasteiger partial charge in [0.15, 0.2) is 0 Å². The Morgan fingerprint density at radius 3 is 2.55 bits per heavy atom. The monoisotopic (exact) mass is 399 g/mol. The van der Waals surface area contributed by atoms with Gasteiger partial charge < -0.3 is 10.6 Å². The zero-order chi connectivity index (χ0) is 20.8. The molecular weight excluding hydrogens is 383 g/mol. The lowest BCUT2D eigenvalue weighted by Gasteiger charge is -2.34. The second-order valence-corrected chi connectivity index (χ2v) is 6.68. The summed E-state index contributed by atoms with van der Waals surface area (Å²) in [7, 11) is 0. The molecule has 0 spiro atoms. The van der Waals surface area contributed by atoms with Crippen LogP contribution in [0.15, 0.2) is 64.9 Å². The molecule has 3 N–H and O–H groups in total. The summed E-state index contributed by atoms with van der Waals surface area (Å²) in [6.07, 6.45) is -1.24. The number of anilines is 1. The molecule has 6 nitrogen and oxygen atoms in total. The lowest BCUT2D eigenvalue weighted by atomic mass is 9.93. The molecule has 1 aliphatic rings. The molecule has 1 unspecified atom stereocenters. The number of hydrogen-bond donors (Lipinski definition) is 2. The summed E-state index contributed by atoms with van der Waals surface area (Å²) in [5.41, 5.74) is 7.50. The first-order valence-corrected chi connectivity index (χ1v) is 8.69. The number of carbonyl (C=O) groups is 1. The van der Waals surface area contributed by atoms with E-state index < -0.39 is 23.7 Å². The molecule has 1 atom stereocenters. The Kier molecular flexibility index (Phi) is 4.37. The van der Waals surface area contributed by atoms with Crippen molar-refractivity contribution in [3.63, 3.8) is 0 Å². The lowest BCUT2D eigenvalue weighted by Crippen LogP contribution is -2.36. The number of rotatable bonds is 3. The molecule has 0 bridgehead atoms. The van der Waals surface area contributed by atoms with Crippen molar-refractivity contribution < 1.29 is 18.0 Å². The van der Waals surface area contributed by atoms with Crippen molar-refractivity contribution in [3.8, 4) is 0 Å². The summed E-state index contributed by atoms with van der Waals surface area (Å²) >= 11 is 0. The largest absolute Gasteiger partial charge is 0.416 e. The number of fused-ring (bicyclic) bond motifs is 1. The molecule has 1 aliphatic heterocycles. The number of nitrogens with one attached hydrogen (secondary N) is 1. The maximum absolute atomic E-state index is 13.0. The zero-order valence-corrected chi connectivity index (χ0v) is 15.2. The summed E-state index contributed by atoms with van der Waals surface area (Å²) in [5.74, 6) is -0.682. The molecule has 1 amide bonds. The standard InChI is InChI=1S/C20H16F3N5O/c1-11-17(19(24)29)18(12-2-4-14(5-3-12)20(21,22)23)28(10-25-11)15-6-7-16-13(8-15)9-26-27-16/h2-10,18H,1H3,(H2,24,29)(H,26,27). The molecule has 2 heterocycles. The third kappa shape index (κ3) is 3.35. The van der Waals surface area contributed by atoms with Gasteiger partial charge in [-0.1, -0.05) is 12.1 Å². The first-order valence-electron chi connectivity index (χ1n) is 8.69. The molecule has 0 saturated carbocycles. The van der Waals surface area contributed by atoms with E-state index in [1.54, 1.807) is 24.4 Å². The van der Waals surface area contributed by atoms with Gasteiger partial charge in [-0.2, -0.15) is 18.3 Å². The number of halogens is 3. The van der Waals surface area contributed by atoms with Crippen molar-refractivity contribution in [1.82, 2.24) is 10.2 Å². The van der Waals surface area contributed by atoms with Crippen LogP contribution in [0.5, 0.6) is 0 Å². The van der Waals surface area contributed by atoms with Crippen LogP contribution in [0, 0.1) is 0 Å². The summed E-state index contributed by atoms with van der Waals surface area (Å²) < 4.78 is 38.9. The summed E-state index contributed by atoms with van der Waals surface area (Å²) in [4.78, 5) is 18.2. The Balaban J connectivity index is 1.83. The number of nitrogens with two attached hydrogens (primary N) is 1. The van der Waals surface area contributed by atoms with E-state index in [0.29, 0.717) is 16.9 Å². The molecular formula is C20H16F3N5O. The van der Waals surface area contributed by atoms with Gasteiger partial charge in [0.05, 0.1) is 40.9 Å². The fourth-order valence-corrected chi connectivity index (χ4v) is 3.42. The van der Waals surface area contributed by atoms with Gasteiger partial charge in [-0.3, -0.25) is 9.89 Å². The van der Waals surface area contributed by atoms with Crippen LogP contribution < -0.4 is 10.6 Å². The van der Waals surface area contributed by atoms with Crippen LogP contribution in [0.2, 0.25) is 0 Å². The molecule has 2 aromatic carbocycles. The van der Waals surface area contributed by atoms with E-state index in [0.717, 1.165) is 23.0 Å². The molecule has 1 aromatic heterocycles. The molecule has 0 fully saturated rings. The SMILES string of the molecule is CC1=C(C(N)=O)C(c2ccc(C(F)(F)F)cc2)N(c2ccc3[nH]ncc3c2)C=N1. The minimum atomic E-state index is -4.45. The third-order valence-electron chi connectivity index (χ3n) is 4.86. The number of allylic oxidation sites excluding steroid dienone is 1. The maximum Gasteiger partial charge on any atom is 0.416 e. The van der Waals surface area contributed by atoms with Crippen LogP contribution in [0.25, 0.3) is 10.9 Å². The Morgan fingerprint density at radius 1 is 1.17 bits per heavy atom. The summed E-state index contributed by atoms with van der Waals surface area (Å²) in [5, 5.41) is 7.68. The highest BCUT2D eigenvalue weighted by Crippen LogP contribution is 2.38. The van der Waals surface area contributed by atoms with Gasteiger partial charge in [-0.25, -0.2) is 4.99 Å². The molecule has 29 heavy (non-hydrogen) atoms. The molecule has 0 saturated heterocycles. The van der Waals surface area contributed by atoms with Gasteiger partial charge in [0.25, 0.3) is 0 Å². The number of nitrogens with zero attached hydrogens (tertiary/aromatic N) is 3. The van der Waals surface area contributed by atoms with E-state index in [1.807, 2.05) is 18.2 Å². The van der Waals surface area contributed by atoms with Crippen LogP contribution in [0.4, 0.5) is 18.9 Å². The van der Waals surface area contributed by atoms with Crippen molar-refractivity contribution in [1.29, 1.82) is 0 Å².